The predicted octanol–water partition coefficient (Wildman–Crippen LogP) is 2.07. The van der Waals surface area contributed by atoms with Crippen molar-refractivity contribution in [1.82, 2.24) is 10.2 Å². The van der Waals surface area contributed by atoms with E-state index < -0.39 is 6.03 Å². The molecule has 3 rings (SSSR count). The number of piperidine rings is 1. The van der Waals surface area contributed by atoms with Gasteiger partial charge in [-0.25, -0.2) is 4.79 Å². The molecule has 23 heavy (non-hydrogen) atoms. The first-order valence-corrected chi connectivity index (χ1v) is 8.07. The average Bonchev–Trinajstić information content (AvgIpc) is 2.56. The Hall–Kier alpha value is -2.37. The first-order valence-electron chi connectivity index (χ1n) is 8.07. The van der Waals surface area contributed by atoms with Gasteiger partial charge < -0.3 is 4.90 Å². The number of carbonyl (C=O) groups is 3. The molecule has 0 radical (unpaired) electrons. The number of likely N-dealkylation sites (tertiary alicyclic amines) is 1. The van der Waals surface area contributed by atoms with E-state index in [0.717, 1.165) is 31.5 Å². The highest BCUT2D eigenvalue weighted by atomic mass is 16.2. The van der Waals surface area contributed by atoms with Crippen molar-refractivity contribution in [3.8, 4) is 0 Å². The van der Waals surface area contributed by atoms with Crippen LogP contribution in [-0.4, -0.2) is 42.4 Å². The summed E-state index contributed by atoms with van der Waals surface area (Å²) in [5, 5.41) is 2.32. The number of benzene rings is 1. The van der Waals surface area contributed by atoms with Crippen molar-refractivity contribution in [2.45, 2.75) is 32.6 Å². The smallest absolute Gasteiger partial charge is 0.328 e. The van der Waals surface area contributed by atoms with Gasteiger partial charge in [0.15, 0.2) is 0 Å². The van der Waals surface area contributed by atoms with Gasteiger partial charge in [-0.3, -0.25) is 19.8 Å². The van der Waals surface area contributed by atoms with Crippen LogP contribution >= 0.6 is 0 Å². The topological polar surface area (TPSA) is 69.7 Å². The lowest BCUT2D eigenvalue weighted by molar-refractivity contribution is -0.120. The Labute approximate surface area is 135 Å². The van der Waals surface area contributed by atoms with Gasteiger partial charge in [-0.1, -0.05) is 6.07 Å². The van der Waals surface area contributed by atoms with Gasteiger partial charge in [-0.2, -0.15) is 0 Å². The minimum Gasteiger partial charge on any atom is -0.339 e. The molecule has 2 aliphatic heterocycles. The summed E-state index contributed by atoms with van der Waals surface area (Å²) in [5.74, 6) is -0.246. The molecule has 4 amide bonds. The lowest BCUT2D eigenvalue weighted by Crippen LogP contribution is -2.49. The maximum Gasteiger partial charge on any atom is 0.328 e. The van der Waals surface area contributed by atoms with Gasteiger partial charge in [-0.15, -0.1) is 0 Å². The number of imide groups is 1. The van der Waals surface area contributed by atoms with Crippen LogP contribution in [0.4, 0.5) is 10.5 Å². The third-order valence-corrected chi connectivity index (χ3v) is 4.44. The Morgan fingerprint density at radius 1 is 1.09 bits per heavy atom. The van der Waals surface area contributed by atoms with Crippen LogP contribution in [0.5, 0.6) is 0 Å². The molecule has 0 bridgehead atoms. The van der Waals surface area contributed by atoms with E-state index in [1.54, 1.807) is 6.07 Å². The summed E-state index contributed by atoms with van der Waals surface area (Å²) in [6.45, 7) is 3.82. The molecule has 122 valence electrons. The summed E-state index contributed by atoms with van der Waals surface area (Å²) in [4.78, 5) is 39.4. The number of hydrogen-bond donors (Lipinski definition) is 1. The van der Waals surface area contributed by atoms with Gasteiger partial charge in [0, 0.05) is 37.3 Å². The van der Waals surface area contributed by atoms with Gasteiger partial charge in [0.05, 0.1) is 0 Å². The highest BCUT2D eigenvalue weighted by Crippen LogP contribution is 2.25. The van der Waals surface area contributed by atoms with Crippen LogP contribution in [0, 0.1) is 6.92 Å². The van der Waals surface area contributed by atoms with E-state index in [2.05, 4.69) is 5.32 Å². The second-order valence-electron chi connectivity index (χ2n) is 6.11. The van der Waals surface area contributed by atoms with Gasteiger partial charge >= 0.3 is 6.03 Å². The molecule has 1 aromatic rings. The molecule has 1 N–H and O–H groups in total. The number of carbonyl (C=O) groups excluding carboxylic acids is 3. The molecule has 2 aliphatic rings. The van der Waals surface area contributed by atoms with E-state index in [4.69, 9.17) is 0 Å². The van der Waals surface area contributed by atoms with E-state index in [1.165, 1.54) is 11.3 Å². The van der Waals surface area contributed by atoms with E-state index in [-0.39, 0.29) is 18.2 Å². The molecule has 0 unspecified atom stereocenters. The Morgan fingerprint density at radius 3 is 2.52 bits per heavy atom. The largest absolute Gasteiger partial charge is 0.339 e. The molecule has 0 spiro atoms. The molecule has 0 aromatic heterocycles. The maximum atomic E-state index is 12.6. The SMILES string of the molecule is Cc1ccc(C(=O)N2CCCCC2)cc1N1CCC(=O)NC1=O. The lowest BCUT2D eigenvalue weighted by Gasteiger charge is -2.29. The fraction of sp³-hybridized carbons (Fsp3) is 0.471. The van der Waals surface area contributed by atoms with E-state index in [1.807, 2.05) is 24.0 Å². The Bertz CT molecular complexity index is 650. The number of aryl methyl sites for hydroxylation is 1. The molecular weight excluding hydrogens is 294 g/mol. The van der Waals surface area contributed by atoms with Crippen LogP contribution in [-0.2, 0) is 4.79 Å². The molecule has 1 aromatic carbocycles. The number of rotatable bonds is 2. The van der Waals surface area contributed by atoms with Crippen LogP contribution in [0.15, 0.2) is 18.2 Å². The van der Waals surface area contributed by atoms with E-state index in [9.17, 15) is 14.4 Å². The van der Waals surface area contributed by atoms with Crippen molar-refractivity contribution in [2.75, 3.05) is 24.5 Å². The van der Waals surface area contributed by atoms with Gasteiger partial charge in [-0.05, 0) is 43.9 Å². The fourth-order valence-corrected chi connectivity index (χ4v) is 3.11. The van der Waals surface area contributed by atoms with Gasteiger partial charge in [0.1, 0.15) is 0 Å². The average molecular weight is 315 g/mol. The fourth-order valence-electron chi connectivity index (χ4n) is 3.11. The van der Waals surface area contributed by atoms with Crippen LogP contribution in [0.25, 0.3) is 0 Å². The molecule has 6 nitrogen and oxygen atoms in total. The number of nitrogens with zero attached hydrogens (tertiary/aromatic N) is 2. The molecular formula is C17H21N3O3. The van der Waals surface area contributed by atoms with Crippen LogP contribution in [0.1, 0.15) is 41.6 Å². The highest BCUT2D eigenvalue weighted by Gasteiger charge is 2.26. The quantitative estimate of drug-likeness (QED) is 0.908. The summed E-state index contributed by atoms with van der Waals surface area (Å²) in [7, 11) is 0. The second kappa shape index (κ2) is 6.40. The molecule has 0 aliphatic carbocycles. The third-order valence-electron chi connectivity index (χ3n) is 4.44. The molecule has 6 heteroatoms. The highest BCUT2D eigenvalue weighted by molar-refractivity contribution is 6.06. The number of nitrogens with one attached hydrogen (secondary N) is 1. The van der Waals surface area contributed by atoms with E-state index >= 15 is 0 Å². The normalized spacial score (nSPS) is 18.8. The first kappa shape index (κ1) is 15.5. The lowest BCUT2D eigenvalue weighted by atomic mass is 10.1. The summed E-state index contributed by atoms with van der Waals surface area (Å²) in [5.41, 5.74) is 2.19. The van der Waals surface area contributed by atoms with Crippen molar-refractivity contribution in [2.24, 2.45) is 0 Å². The Balaban J connectivity index is 1.85. The first-order chi connectivity index (χ1) is 11.1. The zero-order valence-corrected chi connectivity index (χ0v) is 13.3. The Kier molecular flexibility index (Phi) is 4.32. The van der Waals surface area contributed by atoms with Crippen molar-refractivity contribution < 1.29 is 14.4 Å². The summed E-state index contributed by atoms with van der Waals surface area (Å²) in [6.07, 6.45) is 3.53. The van der Waals surface area contributed by atoms with Crippen LogP contribution < -0.4 is 10.2 Å². The van der Waals surface area contributed by atoms with Crippen molar-refractivity contribution >= 4 is 23.5 Å². The number of hydrogen-bond acceptors (Lipinski definition) is 3. The monoisotopic (exact) mass is 315 g/mol. The number of amides is 4. The van der Waals surface area contributed by atoms with Crippen LogP contribution in [0.3, 0.4) is 0 Å². The molecule has 2 heterocycles. The zero-order valence-electron chi connectivity index (χ0n) is 13.3. The molecule has 0 saturated carbocycles. The van der Waals surface area contributed by atoms with Crippen molar-refractivity contribution in [1.29, 1.82) is 0 Å². The van der Waals surface area contributed by atoms with Gasteiger partial charge in [0.2, 0.25) is 5.91 Å². The molecule has 0 atom stereocenters. The molecule has 2 fully saturated rings. The number of anilines is 1. The third kappa shape index (κ3) is 3.21. The summed E-state index contributed by atoms with van der Waals surface area (Å²) >= 11 is 0. The zero-order chi connectivity index (χ0) is 16.4. The predicted molar refractivity (Wildman–Crippen MR) is 86.4 cm³/mol. The summed E-state index contributed by atoms with van der Waals surface area (Å²) in [6, 6.07) is 5.01. The number of urea groups is 1. The van der Waals surface area contributed by atoms with Gasteiger partial charge in [0.25, 0.3) is 5.91 Å². The minimum absolute atomic E-state index is 0.0134. The van der Waals surface area contributed by atoms with Crippen molar-refractivity contribution in [3.63, 3.8) is 0 Å². The maximum absolute atomic E-state index is 12.6. The van der Waals surface area contributed by atoms with Crippen LogP contribution in [0.2, 0.25) is 0 Å². The van der Waals surface area contributed by atoms with Crippen molar-refractivity contribution in [3.05, 3.63) is 29.3 Å². The second-order valence-corrected chi connectivity index (χ2v) is 6.11. The standard InChI is InChI=1S/C17H21N3O3/c1-12-5-6-13(16(22)19-8-3-2-4-9-19)11-14(12)20-10-7-15(21)18-17(20)23/h5-6,11H,2-4,7-10H2,1H3,(H,18,21,23). The Morgan fingerprint density at radius 2 is 1.83 bits per heavy atom. The van der Waals surface area contributed by atoms with E-state index in [0.29, 0.717) is 17.8 Å². The summed E-state index contributed by atoms with van der Waals surface area (Å²) < 4.78 is 0. The molecule has 2 saturated heterocycles. The minimum atomic E-state index is -0.424.